The van der Waals surface area contributed by atoms with Crippen LogP contribution in [0.2, 0.25) is 0 Å². The van der Waals surface area contributed by atoms with E-state index in [1.807, 2.05) is 0 Å². The monoisotopic (exact) mass is 567 g/mol. The highest BCUT2D eigenvalue weighted by Crippen LogP contribution is 2.41. The Bertz CT molecular complexity index is 1280. The summed E-state index contributed by atoms with van der Waals surface area (Å²) < 4.78 is 1.52. The van der Waals surface area contributed by atoms with Crippen LogP contribution in [0.3, 0.4) is 0 Å². The lowest BCUT2D eigenvalue weighted by Gasteiger charge is -2.49. The summed E-state index contributed by atoms with van der Waals surface area (Å²) in [6, 6.07) is -0.986. The van der Waals surface area contributed by atoms with E-state index in [0.29, 0.717) is 23.0 Å². The average molecular weight is 568 g/mol. The topological polar surface area (TPSA) is 211 Å². The van der Waals surface area contributed by atoms with Crippen LogP contribution in [0.5, 0.6) is 0 Å². The maximum atomic E-state index is 13.0. The number of nitrogens with one attached hydrogen (secondary N) is 1. The van der Waals surface area contributed by atoms with Gasteiger partial charge in [-0.1, -0.05) is 23.0 Å². The van der Waals surface area contributed by atoms with E-state index in [1.54, 1.807) is 6.08 Å². The fourth-order valence-electron chi connectivity index (χ4n) is 3.44. The molecule has 15 nitrogen and oxygen atoms in total. The summed E-state index contributed by atoms with van der Waals surface area (Å²) in [4.78, 5) is 48.2. The largest absolute Gasteiger partial charge is 0.477 e. The van der Waals surface area contributed by atoms with E-state index in [2.05, 4.69) is 37.6 Å². The summed E-state index contributed by atoms with van der Waals surface area (Å²) in [5.74, 6) is -2.00. The molecule has 4 rings (SSSR count). The summed E-state index contributed by atoms with van der Waals surface area (Å²) in [6.45, 7) is 3.57. The van der Waals surface area contributed by atoms with Crippen molar-refractivity contribution in [3.05, 3.63) is 35.0 Å². The number of nitrogens with two attached hydrogens (primary N) is 1. The minimum Gasteiger partial charge on any atom is -0.477 e. The Morgan fingerprint density at radius 2 is 2.27 bits per heavy atom. The van der Waals surface area contributed by atoms with E-state index in [4.69, 9.17) is 15.7 Å². The first-order valence-corrected chi connectivity index (χ1v) is 13.5. The van der Waals surface area contributed by atoms with Crippen LogP contribution in [-0.4, -0.2) is 99.9 Å². The lowest BCUT2D eigenvalue weighted by molar-refractivity contribution is -0.150. The van der Waals surface area contributed by atoms with Crippen molar-refractivity contribution in [3.8, 4) is 0 Å². The number of aromatic nitrogens is 5. The Kier molecular flexibility index (Phi) is 8.41. The smallest absolute Gasteiger partial charge is 0.352 e. The summed E-state index contributed by atoms with van der Waals surface area (Å²) >= 11 is 3.66. The zero-order valence-corrected chi connectivity index (χ0v) is 21.5. The molecule has 2 aromatic heterocycles. The van der Waals surface area contributed by atoms with E-state index in [-0.39, 0.29) is 41.2 Å². The van der Waals surface area contributed by atoms with Gasteiger partial charge in [-0.15, -0.1) is 34.8 Å². The fraction of sp³-hybridized carbons (Fsp3) is 0.368. The second kappa shape index (κ2) is 11.7. The zero-order chi connectivity index (χ0) is 26.5. The van der Waals surface area contributed by atoms with Crippen molar-refractivity contribution in [1.82, 2.24) is 35.4 Å². The van der Waals surface area contributed by atoms with Gasteiger partial charge >= 0.3 is 5.97 Å². The van der Waals surface area contributed by atoms with Gasteiger partial charge in [-0.05, 0) is 16.0 Å². The number of aliphatic hydroxyl groups excluding tert-OH is 1. The third kappa shape index (κ3) is 5.60. The fourth-order valence-corrected chi connectivity index (χ4v) is 6.36. The van der Waals surface area contributed by atoms with Gasteiger partial charge in [0.1, 0.15) is 29.4 Å². The van der Waals surface area contributed by atoms with Crippen LogP contribution in [0.25, 0.3) is 0 Å². The zero-order valence-electron chi connectivity index (χ0n) is 19.0. The molecule has 37 heavy (non-hydrogen) atoms. The number of carboxylic acid groups (broad SMARTS) is 1. The summed E-state index contributed by atoms with van der Waals surface area (Å²) in [7, 11) is 0. The molecule has 2 aromatic rings. The van der Waals surface area contributed by atoms with Crippen LogP contribution < -0.4 is 11.1 Å². The van der Waals surface area contributed by atoms with Crippen LogP contribution in [0.15, 0.2) is 39.6 Å². The predicted octanol–water partition coefficient (Wildman–Crippen LogP) is -0.858. The van der Waals surface area contributed by atoms with Crippen LogP contribution in [0.4, 0.5) is 5.13 Å². The lowest BCUT2D eigenvalue weighted by atomic mass is 10.0. The van der Waals surface area contributed by atoms with Crippen LogP contribution in [-0.2, 0) is 25.8 Å². The highest BCUT2D eigenvalue weighted by atomic mass is 32.2. The highest BCUT2D eigenvalue weighted by molar-refractivity contribution is 8.01. The molecular formula is C19H21N9O6S3. The van der Waals surface area contributed by atoms with Crippen molar-refractivity contribution >= 4 is 63.5 Å². The number of hydrogen-bond acceptors (Lipinski definition) is 14. The van der Waals surface area contributed by atoms with Gasteiger partial charge in [0.15, 0.2) is 10.8 Å². The Balaban J connectivity index is 1.48. The molecule has 1 saturated heterocycles. The number of carbonyl (C=O) groups excluding carboxylic acids is 2. The standard InChI is InChI=1S/C19H21N9O6S3/c1-2-3-27-19(23-25-26-27)37-7-9-6-35-16-12(15(31)28(16)13(9)17(32)33)22-14(30)11(24-34-5-4-29)10-8-36-18(20)21-10/h2,8,12,16,29H,1,3-7H2,(H2,20,21)(H,22,30)(H,32,33)/t12?,16-/m1/s1. The second-order valence-corrected chi connectivity index (χ2v) is 10.3. The van der Waals surface area contributed by atoms with Gasteiger partial charge in [-0.25, -0.2) is 14.5 Å². The van der Waals surface area contributed by atoms with Gasteiger partial charge < -0.3 is 26.1 Å². The molecule has 0 spiro atoms. The van der Waals surface area contributed by atoms with Crippen molar-refractivity contribution in [2.45, 2.75) is 23.1 Å². The number of carbonyl (C=O) groups is 3. The highest BCUT2D eigenvalue weighted by Gasteiger charge is 2.54. The van der Waals surface area contributed by atoms with Gasteiger partial charge in [0, 0.05) is 16.9 Å². The van der Waals surface area contributed by atoms with Crippen molar-refractivity contribution < 1.29 is 29.4 Å². The molecular weight excluding hydrogens is 546 g/mol. The van der Waals surface area contributed by atoms with E-state index in [0.717, 1.165) is 11.3 Å². The number of hydrogen-bond donors (Lipinski definition) is 4. The quantitative estimate of drug-likeness (QED) is 0.0615. The number of aliphatic carboxylic acids is 1. The van der Waals surface area contributed by atoms with Crippen molar-refractivity contribution in [2.75, 3.05) is 30.5 Å². The molecule has 1 fully saturated rings. The molecule has 2 amide bonds. The minimum atomic E-state index is -1.25. The minimum absolute atomic E-state index is 0.123. The average Bonchev–Trinajstić information content (AvgIpc) is 3.51. The Hall–Kier alpha value is -3.48. The van der Waals surface area contributed by atoms with E-state index in [9.17, 15) is 19.5 Å². The first kappa shape index (κ1) is 26.6. The molecule has 0 radical (unpaired) electrons. The summed E-state index contributed by atoms with van der Waals surface area (Å²) in [5, 5.41) is 38.1. The number of fused-ring (bicyclic) bond motifs is 1. The van der Waals surface area contributed by atoms with Crippen LogP contribution in [0.1, 0.15) is 5.69 Å². The van der Waals surface area contributed by atoms with E-state index < -0.39 is 29.2 Å². The Morgan fingerprint density at radius 1 is 1.46 bits per heavy atom. The second-order valence-electron chi connectivity index (χ2n) is 7.41. The van der Waals surface area contributed by atoms with Gasteiger partial charge in [0.2, 0.25) is 5.16 Å². The number of anilines is 1. The van der Waals surface area contributed by atoms with Crippen molar-refractivity contribution in [3.63, 3.8) is 0 Å². The molecule has 2 aliphatic rings. The third-order valence-electron chi connectivity index (χ3n) is 5.03. The number of amides is 2. The number of nitrogens with zero attached hydrogens (tertiary/aromatic N) is 7. The van der Waals surface area contributed by atoms with Gasteiger partial charge in [0.25, 0.3) is 11.8 Å². The molecule has 0 aromatic carbocycles. The molecule has 1 unspecified atom stereocenters. The molecule has 0 aliphatic carbocycles. The molecule has 18 heteroatoms. The predicted molar refractivity (Wildman–Crippen MR) is 135 cm³/mol. The van der Waals surface area contributed by atoms with E-state index in [1.165, 1.54) is 38.5 Å². The van der Waals surface area contributed by atoms with E-state index >= 15 is 0 Å². The molecule has 0 bridgehead atoms. The number of carboxylic acids is 1. The number of thioether (sulfide) groups is 2. The Labute approximate surface area is 221 Å². The van der Waals surface area contributed by atoms with Gasteiger partial charge in [0.05, 0.1) is 13.2 Å². The van der Waals surface area contributed by atoms with Crippen LogP contribution >= 0.6 is 34.9 Å². The number of allylic oxidation sites excluding steroid dienone is 1. The molecule has 0 saturated carbocycles. The number of nitrogen functional groups attached to an aromatic ring is 1. The lowest BCUT2D eigenvalue weighted by Crippen LogP contribution is -2.71. The molecule has 5 N–H and O–H groups in total. The maximum absolute atomic E-state index is 13.0. The molecule has 2 aliphatic heterocycles. The summed E-state index contributed by atoms with van der Waals surface area (Å²) in [6.07, 6.45) is 1.63. The Morgan fingerprint density at radius 3 is 2.95 bits per heavy atom. The number of aliphatic hydroxyl groups is 1. The number of thiazole rings is 1. The number of tetrazole rings is 1. The normalized spacial score (nSPS) is 19.3. The number of rotatable bonds is 12. The maximum Gasteiger partial charge on any atom is 0.352 e. The van der Waals surface area contributed by atoms with Crippen molar-refractivity contribution in [1.29, 1.82) is 0 Å². The number of β-lactam (4-membered cyclic amide) rings is 1. The summed E-state index contributed by atoms with van der Waals surface area (Å²) in [5.41, 5.74) is 5.97. The molecule has 2 atom stereocenters. The van der Waals surface area contributed by atoms with Crippen LogP contribution in [0, 0.1) is 0 Å². The first-order valence-electron chi connectivity index (χ1n) is 10.6. The van der Waals surface area contributed by atoms with Gasteiger partial charge in [-0.3, -0.25) is 14.5 Å². The third-order valence-corrected chi connectivity index (χ3v) is 8.09. The van der Waals surface area contributed by atoms with Gasteiger partial charge in [-0.2, -0.15) is 0 Å². The SMILES string of the molecule is C=CCn1nnnc1SCC1=C(C(=O)O)N2C(=O)C(NC(=O)C(=NOCCO)c3csc(N)n3)[C@H]2SC1. The van der Waals surface area contributed by atoms with Crippen molar-refractivity contribution in [2.24, 2.45) is 5.16 Å². The number of oxime groups is 1. The first-order chi connectivity index (χ1) is 17.8. The molecule has 196 valence electrons. The molecule has 4 heterocycles.